The molecule has 182 valence electrons. The third-order valence-electron chi connectivity index (χ3n) is 7.64. The van der Waals surface area contributed by atoms with Gasteiger partial charge in [0, 0.05) is 24.3 Å². The summed E-state index contributed by atoms with van der Waals surface area (Å²) in [6.07, 6.45) is 0.369. The Morgan fingerprint density at radius 1 is 1.03 bits per heavy atom. The van der Waals surface area contributed by atoms with Crippen molar-refractivity contribution in [1.82, 2.24) is 0 Å². The zero-order chi connectivity index (χ0) is 25.8. The molecule has 2 aromatic carbocycles. The molecule has 0 spiro atoms. The molecule has 2 fully saturated rings. The van der Waals surface area contributed by atoms with Crippen LogP contribution in [0.3, 0.4) is 0 Å². The molecule has 2 aromatic rings. The summed E-state index contributed by atoms with van der Waals surface area (Å²) in [7, 11) is 0. The second-order valence-corrected chi connectivity index (χ2v) is 9.69. The highest BCUT2D eigenvalue weighted by Crippen LogP contribution is 2.50. The summed E-state index contributed by atoms with van der Waals surface area (Å²) in [5, 5.41) is 21.7. The van der Waals surface area contributed by atoms with E-state index in [0.717, 1.165) is 5.56 Å². The van der Waals surface area contributed by atoms with Crippen molar-refractivity contribution in [1.29, 1.82) is 0 Å². The standard InChI is InChI=1S/C28H23NO7/c29-27(35)23-20(31)13-17-11-16-12-18-15(8-4-7-14-5-2-1-3-6-14)9-10-19(30)22(18)24(32)21(16)25(33)28(17,36)26(23)34/h1-3,5-6,9-10,16-17,21,23,30,36H,7,11-13H2,(H2,29,35)/t16-,17+,21?,23?,28+/m1/s1. The van der Waals surface area contributed by atoms with Crippen LogP contribution >= 0.6 is 0 Å². The van der Waals surface area contributed by atoms with Gasteiger partial charge >= 0.3 is 0 Å². The fraction of sp³-hybridized carbons (Fsp3) is 0.321. The third kappa shape index (κ3) is 3.47. The van der Waals surface area contributed by atoms with Gasteiger partial charge in [0.25, 0.3) is 0 Å². The number of hydrogen-bond acceptors (Lipinski definition) is 7. The van der Waals surface area contributed by atoms with Gasteiger partial charge in [0.15, 0.2) is 34.7 Å². The number of aromatic hydroxyl groups is 1. The van der Waals surface area contributed by atoms with E-state index >= 15 is 0 Å². The van der Waals surface area contributed by atoms with E-state index in [1.807, 2.05) is 30.3 Å². The summed E-state index contributed by atoms with van der Waals surface area (Å²) in [6, 6.07) is 12.6. The SMILES string of the molecule is NC(=O)C1C(=O)C[C@@H]2C[C@@H]3Cc4c(C#CCc5ccccc5)ccc(O)c4C(=O)C3C(=O)[C@]2(O)C1=O. The molecule has 8 heteroatoms. The molecule has 36 heavy (non-hydrogen) atoms. The number of ketones is 4. The highest BCUT2D eigenvalue weighted by atomic mass is 16.3. The van der Waals surface area contributed by atoms with Crippen LogP contribution in [0.25, 0.3) is 0 Å². The molecule has 0 aromatic heterocycles. The predicted molar refractivity (Wildman–Crippen MR) is 126 cm³/mol. The molecule has 3 aliphatic carbocycles. The number of amides is 1. The second-order valence-electron chi connectivity index (χ2n) is 9.69. The minimum Gasteiger partial charge on any atom is -0.507 e. The summed E-state index contributed by atoms with van der Waals surface area (Å²) in [4.78, 5) is 64.1. The van der Waals surface area contributed by atoms with Gasteiger partial charge in [0.05, 0.1) is 11.5 Å². The van der Waals surface area contributed by atoms with E-state index in [1.165, 1.54) is 6.07 Å². The van der Waals surface area contributed by atoms with Gasteiger partial charge in [-0.05, 0) is 42.0 Å². The lowest BCUT2D eigenvalue weighted by Gasteiger charge is -2.48. The number of benzene rings is 2. The van der Waals surface area contributed by atoms with Crippen LogP contribution in [-0.4, -0.2) is 44.9 Å². The summed E-state index contributed by atoms with van der Waals surface area (Å²) < 4.78 is 0. The maximum Gasteiger partial charge on any atom is 0.235 e. The van der Waals surface area contributed by atoms with Gasteiger partial charge in [0.2, 0.25) is 5.91 Å². The molecule has 2 unspecified atom stereocenters. The van der Waals surface area contributed by atoms with E-state index < -0.39 is 58.3 Å². The van der Waals surface area contributed by atoms with Gasteiger partial charge in [-0.1, -0.05) is 42.2 Å². The van der Waals surface area contributed by atoms with Gasteiger partial charge in [-0.2, -0.15) is 0 Å². The van der Waals surface area contributed by atoms with Crippen LogP contribution in [0.1, 0.15) is 39.9 Å². The minimum absolute atomic E-state index is 0.0492. The van der Waals surface area contributed by atoms with Crippen molar-refractivity contribution in [2.24, 2.45) is 29.4 Å². The number of carbonyl (C=O) groups excluding carboxylic acids is 5. The molecular weight excluding hydrogens is 462 g/mol. The number of carbonyl (C=O) groups is 5. The number of aliphatic hydroxyl groups is 1. The summed E-state index contributed by atoms with van der Waals surface area (Å²) in [5.41, 5.74) is 4.56. The van der Waals surface area contributed by atoms with Crippen molar-refractivity contribution in [3.8, 4) is 17.6 Å². The largest absolute Gasteiger partial charge is 0.507 e. The Balaban J connectivity index is 1.52. The van der Waals surface area contributed by atoms with Gasteiger partial charge in [-0.15, -0.1) is 0 Å². The van der Waals surface area contributed by atoms with Gasteiger partial charge in [0.1, 0.15) is 5.75 Å². The van der Waals surface area contributed by atoms with E-state index in [1.54, 1.807) is 6.07 Å². The maximum atomic E-state index is 13.5. The summed E-state index contributed by atoms with van der Waals surface area (Å²) in [6.45, 7) is 0. The number of phenolic OH excluding ortho intramolecular Hbond substituents is 1. The lowest BCUT2D eigenvalue weighted by Crippen LogP contribution is -2.68. The Labute approximate surface area is 206 Å². The lowest BCUT2D eigenvalue weighted by molar-refractivity contribution is -0.175. The van der Waals surface area contributed by atoms with E-state index in [-0.39, 0.29) is 30.6 Å². The number of phenols is 1. The van der Waals surface area contributed by atoms with Crippen molar-refractivity contribution in [2.45, 2.75) is 31.3 Å². The van der Waals surface area contributed by atoms with E-state index in [4.69, 9.17) is 5.73 Å². The van der Waals surface area contributed by atoms with Crippen molar-refractivity contribution in [3.63, 3.8) is 0 Å². The first-order valence-electron chi connectivity index (χ1n) is 11.7. The number of hydrogen-bond donors (Lipinski definition) is 3. The third-order valence-corrected chi connectivity index (χ3v) is 7.64. The number of rotatable bonds is 2. The van der Waals surface area contributed by atoms with Crippen molar-refractivity contribution in [3.05, 3.63) is 64.7 Å². The lowest BCUT2D eigenvalue weighted by atomic mass is 9.53. The Kier molecular flexibility index (Phi) is 5.61. The number of Topliss-reactive ketones (excluding diaryl/α,β-unsaturated/α-hetero) is 4. The van der Waals surface area contributed by atoms with Crippen LogP contribution < -0.4 is 5.73 Å². The highest BCUT2D eigenvalue weighted by molar-refractivity contribution is 6.31. The Bertz CT molecular complexity index is 1400. The Hall–Kier alpha value is -4.09. The van der Waals surface area contributed by atoms with Crippen LogP contribution in [0, 0.1) is 35.5 Å². The monoisotopic (exact) mass is 485 g/mol. The second kappa shape index (κ2) is 8.54. The normalized spacial score (nSPS) is 28.9. The van der Waals surface area contributed by atoms with Crippen molar-refractivity contribution in [2.75, 3.05) is 0 Å². The highest BCUT2D eigenvalue weighted by Gasteiger charge is 2.66. The van der Waals surface area contributed by atoms with Crippen LogP contribution in [0.15, 0.2) is 42.5 Å². The van der Waals surface area contributed by atoms with E-state index in [0.29, 0.717) is 17.5 Å². The molecule has 8 nitrogen and oxygen atoms in total. The molecule has 2 saturated carbocycles. The first-order chi connectivity index (χ1) is 17.1. The van der Waals surface area contributed by atoms with Crippen molar-refractivity contribution < 1.29 is 34.2 Å². The van der Waals surface area contributed by atoms with Gasteiger partial charge < -0.3 is 15.9 Å². The maximum absolute atomic E-state index is 13.5. The molecule has 3 aliphatic rings. The summed E-state index contributed by atoms with van der Waals surface area (Å²) >= 11 is 0. The average molecular weight is 485 g/mol. The quantitative estimate of drug-likeness (QED) is 0.423. The van der Waals surface area contributed by atoms with Crippen LogP contribution in [0.2, 0.25) is 0 Å². The minimum atomic E-state index is -2.65. The molecule has 0 saturated heterocycles. The van der Waals surface area contributed by atoms with E-state index in [2.05, 4.69) is 11.8 Å². The first kappa shape index (κ1) is 23.6. The summed E-state index contributed by atoms with van der Waals surface area (Å²) in [5.74, 6) is -4.10. The van der Waals surface area contributed by atoms with Gasteiger partial charge in [-0.25, -0.2) is 0 Å². The predicted octanol–water partition coefficient (Wildman–Crippen LogP) is 0.921. The van der Waals surface area contributed by atoms with E-state index in [9.17, 15) is 34.2 Å². The molecule has 5 atom stereocenters. The van der Waals surface area contributed by atoms with Crippen molar-refractivity contribution >= 4 is 29.0 Å². The van der Waals surface area contributed by atoms with Gasteiger partial charge in [-0.3, -0.25) is 24.0 Å². The molecule has 4 N–H and O–H groups in total. The molecule has 0 heterocycles. The number of fused-ring (bicyclic) bond motifs is 3. The number of primary amides is 1. The Morgan fingerprint density at radius 3 is 2.44 bits per heavy atom. The molecule has 1 amide bonds. The van der Waals surface area contributed by atoms with Crippen LogP contribution in [0.5, 0.6) is 5.75 Å². The zero-order valence-electron chi connectivity index (χ0n) is 19.2. The molecular formula is C28H23NO7. The molecule has 0 aliphatic heterocycles. The smallest absolute Gasteiger partial charge is 0.235 e. The Morgan fingerprint density at radius 2 is 1.75 bits per heavy atom. The van der Waals surface area contributed by atoms with Crippen LogP contribution in [0.4, 0.5) is 0 Å². The molecule has 5 rings (SSSR count). The zero-order valence-corrected chi connectivity index (χ0v) is 19.2. The topological polar surface area (TPSA) is 152 Å². The van der Waals surface area contributed by atoms with Crippen LogP contribution in [-0.2, 0) is 32.0 Å². The fourth-order valence-corrected chi connectivity index (χ4v) is 5.92. The fourth-order valence-electron chi connectivity index (χ4n) is 5.92. The molecule has 0 bridgehead atoms. The number of nitrogens with two attached hydrogens (primary N) is 1. The first-order valence-corrected chi connectivity index (χ1v) is 11.7. The molecule has 0 radical (unpaired) electrons. The average Bonchev–Trinajstić information content (AvgIpc) is 2.83.